The summed E-state index contributed by atoms with van der Waals surface area (Å²) in [5.74, 6) is 1.91. The highest BCUT2D eigenvalue weighted by Gasteiger charge is 2.21. The SMILES string of the molecule is Cc1cncc(NC(C)CCC2CC2)n1. The summed E-state index contributed by atoms with van der Waals surface area (Å²) < 4.78 is 0. The number of rotatable bonds is 5. The Morgan fingerprint density at radius 3 is 2.93 bits per heavy atom. The summed E-state index contributed by atoms with van der Waals surface area (Å²) in [5.41, 5.74) is 0.967. The third-order valence-corrected chi connectivity index (χ3v) is 2.85. The summed E-state index contributed by atoms with van der Waals surface area (Å²) in [6.45, 7) is 4.18. The van der Waals surface area contributed by atoms with Crippen molar-refractivity contribution in [3.8, 4) is 0 Å². The highest BCUT2D eigenvalue weighted by Crippen LogP contribution is 2.34. The minimum Gasteiger partial charge on any atom is -0.366 e. The van der Waals surface area contributed by atoms with Crippen LogP contribution < -0.4 is 5.32 Å². The maximum absolute atomic E-state index is 4.38. The first kappa shape index (κ1) is 10.4. The molecule has 1 fully saturated rings. The van der Waals surface area contributed by atoms with Crippen molar-refractivity contribution < 1.29 is 0 Å². The summed E-state index contributed by atoms with van der Waals surface area (Å²) >= 11 is 0. The molecule has 0 saturated heterocycles. The van der Waals surface area contributed by atoms with Crippen LogP contribution in [0.5, 0.6) is 0 Å². The van der Waals surface area contributed by atoms with Crippen LogP contribution in [-0.4, -0.2) is 16.0 Å². The van der Waals surface area contributed by atoms with Gasteiger partial charge >= 0.3 is 0 Å². The summed E-state index contributed by atoms with van der Waals surface area (Å²) in [5, 5.41) is 3.39. The van der Waals surface area contributed by atoms with Crippen LogP contribution in [-0.2, 0) is 0 Å². The van der Waals surface area contributed by atoms with Crippen molar-refractivity contribution in [3.63, 3.8) is 0 Å². The maximum Gasteiger partial charge on any atom is 0.144 e. The van der Waals surface area contributed by atoms with Crippen molar-refractivity contribution in [3.05, 3.63) is 18.1 Å². The fourth-order valence-electron chi connectivity index (χ4n) is 1.75. The molecule has 0 aliphatic heterocycles. The topological polar surface area (TPSA) is 37.8 Å². The molecule has 82 valence electrons. The number of aromatic nitrogens is 2. The molecule has 1 aliphatic rings. The van der Waals surface area contributed by atoms with E-state index >= 15 is 0 Å². The van der Waals surface area contributed by atoms with Crippen LogP contribution in [0.4, 0.5) is 5.82 Å². The summed E-state index contributed by atoms with van der Waals surface area (Å²) in [6, 6.07) is 0.502. The Balaban J connectivity index is 1.79. The normalized spacial score (nSPS) is 17.5. The van der Waals surface area contributed by atoms with Gasteiger partial charge in [0, 0.05) is 12.2 Å². The van der Waals surface area contributed by atoms with Gasteiger partial charge in [0.15, 0.2) is 0 Å². The second kappa shape index (κ2) is 4.60. The van der Waals surface area contributed by atoms with E-state index in [-0.39, 0.29) is 0 Å². The van der Waals surface area contributed by atoms with Crippen LogP contribution in [0, 0.1) is 12.8 Å². The zero-order valence-corrected chi connectivity index (χ0v) is 9.53. The lowest BCUT2D eigenvalue weighted by molar-refractivity contribution is 0.608. The van der Waals surface area contributed by atoms with E-state index in [1.807, 2.05) is 6.92 Å². The molecular weight excluding hydrogens is 186 g/mol. The van der Waals surface area contributed by atoms with Gasteiger partial charge in [0.05, 0.1) is 11.9 Å². The van der Waals surface area contributed by atoms with Gasteiger partial charge in [-0.15, -0.1) is 0 Å². The second-order valence-electron chi connectivity index (χ2n) is 4.61. The standard InChI is InChI=1S/C12H19N3/c1-9(3-4-11-5-6-11)14-12-8-13-7-10(2)15-12/h7-9,11H,3-6H2,1-2H3,(H,14,15). The van der Waals surface area contributed by atoms with Crippen LogP contribution in [0.15, 0.2) is 12.4 Å². The van der Waals surface area contributed by atoms with Crippen LogP contribution in [0.25, 0.3) is 0 Å². The number of aryl methyl sites for hydroxylation is 1. The number of hydrogen-bond donors (Lipinski definition) is 1. The van der Waals surface area contributed by atoms with Crippen molar-refractivity contribution in [1.29, 1.82) is 0 Å². The molecule has 0 radical (unpaired) electrons. The Hall–Kier alpha value is -1.12. The van der Waals surface area contributed by atoms with E-state index in [0.717, 1.165) is 17.4 Å². The lowest BCUT2D eigenvalue weighted by Gasteiger charge is -2.13. The van der Waals surface area contributed by atoms with Crippen LogP contribution >= 0.6 is 0 Å². The first-order valence-corrected chi connectivity index (χ1v) is 5.79. The highest BCUT2D eigenvalue weighted by atomic mass is 15.0. The third-order valence-electron chi connectivity index (χ3n) is 2.85. The van der Waals surface area contributed by atoms with E-state index in [0.29, 0.717) is 6.04 Å². The highest BCUT2D eigenvalue weighted by molar-refractivity contribution is 5.32. The molecular formula is C12H19N3. The van der Waals surface area contributed by atoms with Gasteiger partial charge in [0.1, 0.15) is 5.82 Å². The second-order valence-corrected chi connectivity index (χ2v) is 4.61. The van der Waals surface area contributed by atoms with Crippen molar-refractivity contribution in [2.24, 2.45) is 5.92 Å². The zero-order valence-electron chi connectivity index (χ0n) is 9.53. The van der Waals surface area contributed by atoms with Crippen LogP contribution in [0.2, 0.25) is 0 Å². The summed E-state index contributed by atoms with van der Waals surface area (Å²) in [6.07, 6.45) is 9.04. The average Bonchev–Trinajstić information content (AvgIpc) is 2.98. The van der Waals surface area contributed by atoms with Gasteiger partial charge in [0.25, 0.3) is 0 Å². The van der Waals surface area contributed by atoms with E-state index in [1.165, 1.54) is 25.7 Å². The molecule has 1 heterocycles. The minimum atomic E-state index is 0.502. The predicted octanol–water partition coefficient (Wildman–Crippen LogP) is 2.78. The monoisotopic (exact) mass is 205 g/mol. The fourth-order valence-corrected chi connectivity index (χ4v) is 1.75. The molecule has 0 aromatic carbocycles. The Morgan fingerprint density at radius 2 is 2.27 bits per heavy atom. The fraction of sp³-hybridized carbons (Fsp3) is 0.667. The Bertz CT molecular complexity index is 320. The number of nitrogens with zero attached hydrogens (tertiary/aromatic N) is 2. The molecule has 0 spiro atoms. The lowest BCUT2D eigenvalue weighted by atomic mass is 10.1. The molecule has 2 rings (SSSR count). The minimum absolute atomic E-state index is 0.502. The van der Waals surface area contributed by atoms with E-state index in [4.69, 9.17) is 0 Å². The Morgan fingerprint density at radius 1 is 1.47 bits per heavy atom. The van der Waals surface area contributed by atoms with E-state index in [9.17, 15) is 0 Å². The Labute approximate surface area is 91.3 Å². The third kappa shape index (κ3) is 3.50. The van der Waals surface area contributed by atoms with E-state index in [1.54, 1.807) is 12.4 Å². The maximum atomic E-state index is 4.38. The van der Waals surface area contributed by atoms with Gasteiger partial charge in [-0.2, -0.15) is 0 Å². The largest absolute Gasteiger partial charge is 0.366 e. The van der Waals surface area contributed by atoms with Gasteiger partial charge in [-0.1, -0.05) is 12.8 Å². The van der Waals surface area contributed by atoms with Crippen molar-refractivity contribution in [1.82, 2.24) is 9.97 Å². The van der Waals surface area contributed by atoms with E-state index < -0.39 is 0 Å². The molecule has 1 N–H and O–H groups in total. The molecule has 1 unspecified atom stereocenters. The molecule has 3 heteroatoms. The number of anilines is 1. The van der Waals surface area contributed by atoms with Gasteiger partial charge in [-0.3, -0.25) is 4.98 Å². The van der Waals surface area contributed by atoms with Crippen LogP contribution in [0.1, 0.15) is 38.3 Å². The zero-order chi connectivity index (χ0) is 10.7. The molecule has 0 bridgehead atoms. The molecule has 1 aliphatic carbocycles. The number of nitrogens with one attached hydrogen (secondary N) is 1. The smallest absolute Gasteiger partial charge is 0.144 e. The molecule has 1 aromatic rings. The molecule has 0 amide bonds. The molecule has 15 heavy (non-hydrogen) atoms. The molecule has 3 nitrogen and oxygen atoms in total. The van der Waals surface area contributed by atoms with Crippen molar-refractivity contribution in [2.45, 2.75) is 45.6 Å². The van der Waals surface area contributed by atoms with Gasteiger partial charge < -0.3 is 5.32 Å². The van der Waals surface area contributed by atoms with E-state index in [2.05, 4.69) is 22.2 Å². The quantitative estimate of drug-likeness (QED) is 0.803. The number of hydrogen-bond acceptors (Lipinski definition) is 3. The average molecular weight is 205 g/mol. The van der Waals surface area contributed by atoms with Crippen molar-refractivity contribution in [2.75, 3.05) is 5.32 Å². The summed E-state index contributed by atoms with van der Waals surface area (Å²) in [7, 11) is 0. The van der Waals surface area contributed by atoms with Crippen molar-refractivity contribution >= 4 is 5.82 Å². The molecule has 1 aromatic heterocycles. The lowest BCUT2D eigenvalue weighted by Crippen LogP contribution is -2.16. The first-order valence-electron chi connectivity index (χ1n) is 5.79. The summed E-state index contributed by atoms with van der Waals surface area (Å²) in [4.78, 5) is 8.50. The molecule has 1 atom stereocenters. The Kier molecular flexibility index (Phi) is 3.19. The molecule has 1 saturated carbocycles. The van der Waals surface area contributed by atoms with Gasteiger partial charge in [-0.05, 0) is 32.6 Å². The van der Waals surface area contributed by atoms with Gasteiger partial charge in [0.2, 0.25) is 0 Å². The predicted molar refractivity (Wildman–Crippen MR) is 61.8 cm³/mol. The first-order chi connectivity index (χ1) is 7.24. The van der Waals surface area contributed by atoms with Crippen LogP contribution in [0.3, 0.4) is 0 Å². The van der Waals surface area contributed by atoms with Gasteiger partial charge in [-0.25, -0.2) is 4.98 Å².